The summed E-state index contributed by atoms with van der Waals surface area (Å²) in [5.74, 6) is 0.165. The molecule has 0 aliphatic carbocycles. The van der Waals surface area contributed by atoms with Gasteiger partial charge in [-0.25, -0.2) is 4.39 Å². The number of rotatable bonds is 6. The molecule has 0 radical (unpaired) electrons. The SMILES string of the molecule is O=C1NC(Nc2ccccc2F)S/C1=C\c1ccc(OCc2ccccc2)c(Br)c1. The Bertz CT molecular complexity index is 1090. The smallest absolute Gasteiger partial charge is 0.260 e. The van der Waals surface area contributed by atoms with Gasteiger partial charge in [-0.3, -0.25) is 4.79 Å². The second-order valence-electron chi connectivity index (χ2n) is 6.57. The molecule has 2 N–H and O–H groups in total. The zero-order valence-corrected chi connectivity index (χ0v) is 18.2. The zero-order valence-electron chi connectivity index (χ0n) is 15.8. The number of anilines is 1. The molecule has 30 heavy (non-hydrogen) atoms. The number of carbonyl (C=O) groups is 1. The Morgan fingerprint density at radius 3 is 2.63 bits per heavy atom. The van der Waals surface area contributed by atoms with E-state index in [0.29, 0.717) is 17.2 Å². The number of amides is 1. The first-order chi connectivity index (χ1) is 14.6. The Labute approximate surface area is 186 Å². The van der Waals surface area contributed by atoms with E-state index in [1.165, 1.54) is 17.8 Å². The van der Waals surface area contributed by atoms with Crippen LogP contribution in [0.5, 0.6) is 5.75 Å². The largest absolute Gasteiger partial charge is 0.488 e. The fourth-order valence-electron chi connectivity index (χ4n) is 2.90. The fourth-order valence-corrected chi connectivity index (χ4v) is 4.38. The van der Waals surface area contributed by atoms with E-state index in [2.05, 4.69) is 26.6 Å². The molecule has 1 aliphatic rings. The molecule has 1 amide bonds. The van der Waals surface area contributed by atoms with Gasteiger partial charge in [-0.05, 0) is 57.4 Å². The summed E-state index contributed by atoms with van der Waals surface area (Å²) in [6.07, 6.45) is 1.80. The standard InChI is InChI=1S/C23H18BrFN2O2S/c24-17-12-16(10-11-20(17)29-14-15-6-2-1-3-7-15)13-21-22(28)27-23(30-21)26-19-9-5-4-8-18(19)25/h1-13,23,26H,14H2,(H,27,28)/b21-13-. The number of nitrogens with one attached hydrogen (secondary N) is 2. The van der Waals surface area contributed by atoms with Gasteiger partial charge in [0.05, 0.1) is 15.1 Å². The van der Waals surface area contributed by atoms with Crippen LogP contribution >= 0.6 is 27.7 Å². The maximum absolute atomic E-state index is 13.8. The molecule has 4 rings (SSSR count). The van der Waals surface area contributed by atoms with Crippen molar-refractivity contribution < 1.29 is 13.9 Å². The van der Waals surface area contributed by atoms with Crippen molar-refractivity contribution in [1.29, 1.82) is 0 Å². The maximum Gasteiger partial charge on any atom is 0.260 e. The molecule has 3 aromatic rings. The third-order valence-electron chi connectivity index (χ3n) is 4.38. The molecular weight excluding hydrogens is 467 g/mol. The highest BCUT2D eigenvalue weighted by atomic mass is 79.9. The lowest BCUT2D eigenvalue weighted by Gasteiger charge is -2.13. The van der Waals surface area contributed by atoms with Gasteiger partial charge in [0.2, 0.25) is 0 Å². The van der Waals surface area contributed by atoms with Gasteiger partial charge in [0.1, 0.15) is 18.2 Å². The number of hydrogen-bond donors (Lipinski definition) is 2. The number of thioether (sulfide) groups is 1. The van der Waals surface area contributed by atoms with Crippen molar-refractivity contribution >= 4 is 45.4 Å². The highest BCUT2D eigenvalue weighted by Crippen LogP contribution is 2.33. The summed E-state index contributed by atoms with van der Waals surface area (Å²) in [6.45, 7) is 0.474. The van der Waals surface area contributed by atoms with Crippen molar-refractivity contribution in [3.05, 3.63) is 99.1 Å². The third kappa shape index (κ3) is 5.04. The number of carbonyl (C=O) groups excluding carboxylic acids is 1. The van der Waals surface area contributed by atoms with Gasteiger partial charge >= 0.3 is 0 Å². The highest BCUT2D eigenvalue weighted by Gasteiger charge is 2.27. The van der Waals surface area contributed by atoms with Crippen molar-refractivity contribution in [2.75, 3.05) is 5.32 Å². The summed E-state index contributed by atoms with van der Waals surface area (Å²) < 4.78 is 20.5. The highest BCUT2D eigenvalue weighted by molar-refractivity contribution is 9.10. The van der Waals surface area contributed by atoms with Gasteiger partial charge in [-0.15, -0.1) is 0 Å². The number of halogens is 2. The van der Waals surface area contributed by atoms with Crippen LogP contribution in [0.25, 0.3) is 6.08 Å². The molecule has 1 fully saturated rings. The van der Waals surface area contributed by atoms with Crippen LogP contribution < -0.4 is 15.4 Å². The second kappa shape index (κ2) is 9.36. The van der Waals surface area contributed by atoms with Crippen LogP contribution in [0.1, 0.15) is 11.1 Å². The monoisotopic (exact) mass is 484 g/mol. The minimum atomic E-state index is -0.433. The van der Waals surface area contributed by atoms with E-state index in [1.54, 1.807) is 24.3 Å². The molecule has 1 unspecified atom stereocenters. The topological polar surface area (TPSA) is 50.4 Å². The molecule has 7 heteroatoms. The van der Waals surface area contributed by atoms with Crippen molar-refractivity contribution in [3.63, 3.8) is 0 Å². The number of benzene rings is 3. The van der Waals surface area contributed by atoms with Crippen LogP contribution in [0, 0.1) is 5.82 Å². The van der Waals surface area contributed by atoms with Crippen molar-refractivity contribution in [1.82, 2.24) is 5.32 Å². The molecule has 0 bridgehead atoms. The van der Waals surface area contributed by atoms with E-state index < -0.39 is 5.50 Å². The molecule has 0 aromatic heterocycles. The summed E-state index contributed by atoms with van der Waals surface area (Å²) in [4.78, 5) is 12.9. The summed E-state index contributed by atoms with van der Waals surface area (Å²) in [6, 6.07) is 22.0. The predicted octanol–water partition coefficient (Wildman–Crippen LogP) is 5.77. The van der Waals surface area contributed by atoms with Crippen LogP contribution in [-0.2, 0) is 11.4 Å². The maximum atomic E-state index is 13.8. The van der Waals surface area contributed by atoms with Gasteiger partial charge < -0.3 is 15.4 Å². The molecule has 1 aliphatic heterocycles. The quantitative estimate of drug-likeness (QED) is 0.436. The number of hydrogen-bond acceptors (Lipinski definition) is 4. The lowest BCUT2D eigenvalue weighted by Crippen LogP contribution is -2.31. The fraction of sp³-hybridized carbons (Fsp3) is 0.0870. The van der Waals surface area contributed by atoms with Gasteiger partial charge in [-0.1, -0.05) is 60.3 Å². The van der Waals surface area contributed by atoms with Gasteiger partial charge in [0.25, 0.3) is 5.91 Å². The Balaban J connectivity index is 1.42. The second-order valence-corrected chi connectivity index (χ2v) is 8.57. The van der Waals surface area contributed by atoms with E-state index in [4.69, 9.17) is 4.74 Å². The number of ether oxygens (including phenoxy) is 1. The Kier molecular flexibility index (Phi) is 6.40. The molecule has 4 nitrogen and oxygen atoms in total. The van der Waals surface area contributed by atoms with Crippen LogP contribution in [0.4, 0.5) is 10.1 Å². The summed E-state index contributed by atoms with van der Waals surface area (Å²) in [5.41, 5.74) is 1.86. The van der Waals surface area contributed by atoms with Crippen LogP contribution in [0.15, 0.2) is 82.2 Å². The Hall–Kier alpha value is -2.77. The van der Waals surface area contributed by atoms with E-state index in [1.807, 2.05) is 48.5 Å². The zero-order chi connectivity index (χ0) is 20.9. The molecule has 1 atom stereocenters. The predicted molar refractivity (Wildman–Crippen MR) is 122 cm³/mol. The van der Waals surface area contributed by atoms with Crippen molar-refractivity contribution in [3.8, 4) is 5.75 Å². The molecular formula is C23H18BrFN2O2S. The van der Waals surface area contributed by atoms with Gasteiger partial charge in [0, 0.05) is 0 Å². The molecule has 3 aromatic carbocycles. The first-order valence-electron chi connectivity index (χ1n) is 9.25. The first-order valence-corrected chi connectivity index (χ1v) is 10.9. The van der Waals surface area contributed by atoms with E-state index in [0.717, 1.165) is 21.3 Å². The molecule has 152 valence electrons. The minimum absolute atomic E-state index is 0.200. The molecule has 0 saturated carbocycles. The van der Waals surface area contributed by atoms with E-state index in [9.17, 15) is 9.18 Å². The van der Waals surface area contributed by atoms with Gasteiger partial charge in [-0.2, -0.15) is 0 Å². The van der Waals surface area contributed by atoms with Gasteiger partial charge in [0.15, 0.2) is 5.50 Å². The third-order valence-corrected chi connectivity index (χ3v) is 6.03. The average Bonchev–Trinajstić information content (AvgIpc) is 3.08. The van der Waals surface area contributed by atoms with Crippen molar-refractivity contribution in [2.45, 2.75) is 12.1 Å². The molecule has 1 saturated heterocycles. The molecule has 1 heterocycles. The minimum Gasteiger partial charge on any atom is -0.488 e. The lowest BCUT2D eigenvalue weighted by atomic mass is 10.2. The Morgan fingerprint density at radius 2 is 1.87 bits per heavy atom. The normalized spacial score (nSPS) is 17.1. The van der Waals surface area contributed by atoms with E-state index >= 15 is 0 Å². The average molecular weight is 485 g/mol. The Morgan fingerprint density at radius 1 is 1.10 bits per heavy atom. The summed E-state index contributed by atoms with van der Waals surface area (Å²) >= 11 is 4.84. The van der Waals surface area contributed by atoms with Crippen LogP contribution in [-0.4, -0.2) is 11.4 Å². The van der Waals surface area contributed by atoms with Crippen molar-refractivity contribution in [2.24, 2.45) is 0 Å². The summed E-state index contributed by atoms with van der Waals surface area (Å²) in [5, 5.41) is 5.80. The first kappa shape index (κ1) is 20.5. The van der Waals surface area contributed by atoms with Crippen LogP contribution in [0.2, 0.25) is 0 Å². The number of para-hydroxylation sites is 1. The molecule has 0 spiro atoms. The summed E-state index contributed by atoms with van der Waals surface area (Å²) in [7, 11) is 0. The van der Waals surface area contributed by atoms with E-state index in [-0.39, 0.29) is 11.7 Å². The lowest BCUT2D eigenvalue weighted by molar-refractivity contribution is -0.116. The van der Waals surface area contributed by atoms with Crippen LogP contribution in [0.3, 0.4) is 0 Å².